The molecule has 128 valence electrons. The van der Waals surface area contributed by atoms with Crippen molar-refractivity contribution in [3.05, 3.63) is 48.2 Å². The number of fused-ring (bicyclic) bond motifs is 1. The predicted molar refractivity (Wildman–Crippen MR) is 90.9 cm³/mol. The number of nitrogens with zero attached hydrogens (tertiary/aromatic N) is 1. The summed E-state index contributed by atoms with van der Waals surface area (Å²) in [6.45, 7) is 1.57. The van der Waals surface area contributed by atoms with E-state index in [0.717, 1.165) is 23.1 Å². The van der Waals surface area contributed by atoms with Crippen molar-refractivity contribution in [2.24, 2.45) is 0 Å². The lowest BCUT2D eigenvalue weighted by molar-refractivity contribution is -0.139. The van der Waals surface area contributed by atoms with Gasteiger partial charge in [-0.05, 0) is 36.8 Å². The third kappa shape index (κ3) is 3.52. The van der Waals surface area contributed by atoms with Gasteiger partial charge in [0.1, 0.15) is 17.7 Å². The van der Waals surface area contributed by atoms with E-state index in [1.165, 1.54) is 6.26 Å². The lowest BCUT2D eigenvalue weighted by atomic mass is 10.00. The van der Waals surface area contributed by atoms with Gasteiger partial charge in [0.15, 0.2) is 12.4 Å². The molecule has 0 fully saturated rings. The molecule has 0 unspecified atom stereocenters. The number of carbonyl (C=O) groups excluding carboxylic acids is 1. The molecule has 1 aromatic carbocycles. The number of carboxylic acid groups (broad SMARTS) is 1. The van der Waals surface area contributed by atoms with E-state index in [1.807, 2.05) is 13.0 Å². The highest BCUT2D eigenvalue weighted by Crippen LogP contribution is 2.36. The number of ketones is 1. The number of rotatable bonds is 7. The Labute approximate surface area is 144 Å². The molecule has 0 bridgehead atoms. The van der Waals surface area contributed by atoms with Crippen LogP contribution in [0.4, 0.5) is 0 Å². The third-order valence-electron chi connectivity index (χ3n) is 3.83. The molecule has 0 spiro atoms. The molecular formula is C19H17NO5. The van der Waals surface area contributed by atoms with Crippen molar-refractivity contribution < 1.29 is 24.0 Å². The van der Waals surface area contributed by atoms with Crippen molar-refractivity contribution in [3.63, 3.8) is 0 Å². The van der Waals surface area contributed by atoms with Gasteiger partial charge < -0.3 is 14.4 Å². The first-order chi connectivity index (χ1) is 12.1. The molecular weight excluding hydrogens is 322 g/mol. The Morgan fingerprint density at radius 1 is 1.12 bits per heavy atom. The smallest absolute Gasteiger partial charge is 0.341 e. The molecule has 2 aliphatic rings. The Kier molecular flexibility index (Phi) is 4.79. The maximum Gasteiger partial charge on any atom is 0.341 e. The first kappa shape index (κ1) is 16.7. The van der Waals surface area contributed by atoms with E-state index in [1.54, 1.807) is 30.3 Å². The quantitative estimate of drug-likeness (QED) is 0.657. The highest BCUT2D eigenvalue weighted by Gasteiger charge is 2.20. The standard InChI is InChI=1S/C19H17NO5/c1-2-3-17(21)14-8-9-15-16(14)10-25-20-19(15)12-4-6-13(7-5-12)24-11-18(22)23/h4-10H,2-3,11H2,1H3,(H,22,23). The van der Waals surface area contributed by atoms with Crippen molar-refractivity contribution in [1.82, 2.24) is 5.16 Å². The zero-order valence-electron chi connectivity index (χ0n) is 13.7. The summed E-state index contributed by atoms with van der Waals surface area (Å²) in [5, 5.41) is 12.7. The first-order valence-corrected chi connectivity index (χ1v) is 7.95. The summed E-state index contributed by atoms with van der Waals surface area (Å²) in [5.41, 5.74) is 3.64. The molecule has 25 heavy (non-hydrogen) atoms. The number of Topliss-reactive ketones (excluding diaryl/α,β-unsaturated/α-hetero) is 1. The molecule has 0 atom stereocenters. The SMILES string of the molecule is CCCC(=O)c1ccc2c(-c3ccc(OCC(=O)O)cc3)nocc1-2. The number of carbonyl (C=O) groups is 2. The third-order valence-corrected chi connectivity index (χ3v) is 3.83. The minimum atomic E-state index is -1.03. The van der Waals surface area contributed by atoms with E-state index in [-0.39, 0.29) is 5.78 Å². The van der Waals surface area contributed by atoms with Gasteiger partial charge in [0.05, 0.1) is 0 Å². The molecule has 0 amide bonds. The van der Waals surface area contributed by atoms with Crippen LogP contribution in [0.15, 0.2) is 47.2 Å². The molecule has 1 heterocycles. The topological polar surface area (TPSA) is 89.6 Å². The van der Waals surface area contributed by atoms with E-state index in [0.29, 0.717) is 23.4 Å². The van der Waals surface area contributed by atoms with Crippen LogP contribution in [0.2, 0.25) is 0 Å². The number of hydrogen-bond donors (Lipinski definition) is 1. The molecule has 1 aromatic rings. The van der Waals surface area contributed by atoms with E-state index in [9.17, 15) is 9.59 Å². The monoisotopic (exact) mass is 339 g/mol. The van der Waals surface area contributed by atoms with Crippen LogP contribution in [-0.4, -0.2) is 28.6 Å². The Morgan fingerprint density at radius 3 is 2.56 bits per heavy atom. The van der Waals surface area contributed by atoms with Gasteiger partial charge in [-0.3, -0.25) is 4.79 Å². The van der Waals surface area contributed by atoms with Crippen molar-refractivity contribution in [1.29, 1.82) is 0 Å². The van der Waals surface area contributed by atoms with E-state index in [4.69, 9.17) is 14.4 Å². The molecule has 3 rings (SSSR count). The molecule has 0 saturated carbocycles. The summed E-state index contributed by atoms with van der Waals surface area (Å²) in [7, 11) is 0. The van der Waals surface area contributed by atoms with Crippen LogP contribution in [0.3, 0.4) is 0 Å². The van der Waals surface area contributed by atoms with Crippen LogP contribution in [-0.2, 0) is 4.79 Å². The zero-order valence-corrected chi connectivity index (χ0v) is 13.7. The van der Waals surface area contributed by atoms with E-state index >= 15 is 0 Å². The maximum absolute atomic E-state index is 12.2. The van der Waals surface area contributed by atoms with Gasteiger partial charge in [0.2, 0.25) is 0 Å². The summed E-state index contributed by atoms with van der Waals surface area (Å²) in [4.78, 5) is 22.7. The molecule has 6 heteroatoms. The molecule has 0 aromatic heterocycles. The lowest BCUT2D eigenvalue weighted by Gasteiger charge is -2.08. The predicted octanol–water partition coefficient (Wildman–Crippen LogP) is 3.89. The molecule has 0 saturated heterocycles. The Bertz CT molecular complexity index is 866. The average Bonchev–Trinajstić information content (AvgIpc) is 3.05. The minimum Gasteiger partial charge on any atom is -0.482 e. The summed E-state index contributed by atoms with van der Waals surface area (Å²) in [6.07, 6.45) is 2.77. The van der Waals surface area contributed by atoms with E-state index < -0.39 is 12.6 Å². The van der Waals surface area contributed by atoms with Crippen molar-refractivity contribution >= 4 is 11.8 Å². The molecule has 1 aliphatic carbocycles. The van der Waals surface area contributed by atoms with Gasteiger partial charge in [-0.25, -0.2) is 4.79 Å². The number of aromatic nitrogens is 1. The maximum atomic E-state index is 12.2. The van der Waals surface area contributed by atoms with Crippen molar-refractivity contribution in [2.75, 3.05) is 6.61 Å². The van der Waals surface area contributed by atoms with Crippen LogP contribution >= 0.6 is 0 Å². The lowest BCUT2D eigenvalue weighted by Crippen LogP contribution is -2.09. The van der Waals surface area contributed by atoms with Crippen LogP contribution < -0.4 is 4.74 Å². The average molecular weight is 339 g/mol. The Hall–Kier alpha value is -3.15. The number of carboxylic acids is 1. The number of aliphatic carboxylic acids is 1. The zero-order chi connectivity index (χ0) is 17.8. The fraction of sp³-hybridized carbons (Fsp3) is 0.211. The highest BCUT2D eigenvalue weighted by molar-refractivity contribution is 6.05. The van der Waals surface area contributed by atoms with Crippen molar-refractivity contribution in [3.8, 4) is 28.1 Å². The van der Waals surface area contributed by atoms with Crippen LogP contribution in [0.1, 0.15) is 30.1 Å². The number of hydrogen-bond acceptors (Lipinski definition) is 5. The van der Waals surface area contributed by atoms with Gasteiger partial charge >= 0.3 is 5.97 Å². The number of ether oxygens (including phenoxy) is 1. The summed E-state index contributed by atoms with van der Waals surface area (Å²) in [5.74, 6) is -0.491. The molecule has 6 nitrogen and oxygen atoms in total. The fourth-order valence-corrected chi connectivity index (χ4v) is 2.67. The van der Waals surface area contributed by atoms with Crippen LogP contribution in [0, 0.1) is 0 Å². The Morgan fingerprint density at radius 2 is 1.88 bits per heavy atom. The summed E-state index contributed by atoms with van der Waals surface area (Å²) >= 11 is 0. The summed E-state index contributed by atoms with van der Waals surface area (Å²) < 4.78 is 10.3. The molecule has 1 N–H and O–H groups in total. The van der Waals surface area contributed by atoms with Gasteiger partial charge in [-0.2, -0.15) is 0 Å². The normalized spacial score (nSPS) is 10.8. The van der Waals surface area contributed by atoms with E-state index in [2.05, 4.69) is 5.16 Å². The number of benzene rings is 1. The van der Waals surface area contributed by atoms with Crippen LogP contribution in [0.5, 0.6) is 5.75 Å². The van der Waals surface area contributed by atoms with Crippen LogP contribution in [0.25, 0.3) is 22.4 Å². The molecule has 1 aliphatic heterocycles. The second kappa shape index (κ2) is 7.17. The Balaban J connectivity index is 1.88. The van der Waals surface area contributed by atoms with Crippen molar-refractivity contribution in [2.45, 2.75) is 19.8 Å². The summed E-state index contributed by atoms with van der Waals surface area (Å²) in [6, 6.07) is 10.6. The first-order valence-electron chi connectivity index (χ1n) is 7.95. The fourth-order valence-electron chi connectivity index (χ4n) is 2.67. The largest absolute Gasteiger partial charge is 0.482 e. The highest BCUT2D eigenvalue weighted by atomic mass is 16.5. The minimum absolute atomic E-state index is 0.0854. The second-order valence-corrected chi connectivity index (χ2v) is 5.62. The van der Waals surface area contributed by atoms with Gasteiger partial charge in [-0.1, -0.05) is 18.1 Å². The van der Waals surface area contributed by atoms with Gasteiger partial charge in [0, 0.05) is 28.7 Å². The van der Waals surface area contributed by atoms with Gasteiger partial charge in [-0.15, -0.1) is 0 Å². The molecule has 0 radical (unpaired) electrons. The second-order valence-electron chi connectivity index (χ2n) is 5.62. The van der Waals surface area contributed by atoms with Gasteiger partial charge in [0.25, 0.3) is 0 Å².